The predicted octanol–water partition coefficient (Wildman–Crippen LogP) is 16.8. The van der Waals surface area contributed by atoms with E-state index in [0.29, 0.717) is 39.3 Å². The standard InChI is InChI=1S/C62H60N3O.Pt/c1-39(2)45-35-52(40(3)4)59(66)54(36-45)60-64-58-51(22-17-23-57(58)65(60)56-29-28-50(62(8,9)10)38-53(56)43-20-15-12-16-21-43)47-32-46(41-18-13-11-14-19-41)33-48(34-47)55-37-44(30-31-63-55)42-24-26-49(27-25-42)61(5,6)7;/h11-33,35-40,66H,1-10H3;/q-1;/i5D3,6D3,7D3;. The van der Waals surface area contributed by atoms with Crippen molar-refractivity contribution in [1.82, 2.24) is 14.5 Å². The number of hydrogen-bond acceptors (Lipinski definition) is 3. The molecule has 4 nitrogen and oxygen atoms in total. The van der Waals surface area contributed by atoms with Crippen LogP contribution in [-0.4, -0.2) is 19.6 Å². The van der Waals surface area contributed by atoms with Gasteiger partial charge in [-0.05, 0) is 97.5 Å². The Morgan fingerprint density at radius 2 is 1.22 bits per heavy atom. The Hall–Kier alpha value is -6.35. The molecule has 0 aliphatic rings. The zero-order valence-corrected chi connectivity index (χ0v) is 41.1. The molecule has 9 rings (SSSR count). The van der Waals surface area contributed by atoms with E-state index >= 15 is 0 Å². The third kappa shape index (κ3) is 9.47. The number of para-hydroxylation sites is 1. The molecule has 0 radical (unpaired) electrons. The SMILES string of the molecule is [2H]C([2H])([2H])C(c1ccc(-c2ccnc(-c3[c-]c(-c4cccc5c4nc(-c4cc(C(C)C)cc(C(C)C)c4O)n5-c4ccc(C(C)(C)C)cc4-c4ccccc4)cc(-c4ccccc4)c3)c2)cc1)(C([2H])([2H])[2H])C([2H])([2H])[2H].[Pt]. The van der Waals surface area contributed by atoms with Crippen LogP contribution < -0.4 is 0 Å². The van der Waals surface area contributed by atoms with Crippen molar-refractivity contribution in [2.45, 2.75) is 91.7 Å². The predicted molar refractivity (Wildman–Crippen MR) is 278 cm³/mol. The third-order valence-electron chi connectivity index (χ3n) is 12.5. The van der Waals surface area contributed by atoms with Gasteiger partial charge in [0, 0.05) is 50.9 Å². The maximum absolute atomic E-state index is 12.4. The van der Waals surface area contributed by atoms with Gasteiger partial charge in [-0.15, -0.1) is 23.8 Å². The number of phenols is 1. The summed E-state index contributed by atoms with van der Waals surface area (Å²) in [5, 5.41) is 12.4. The summed E-state index contributed by atoms with van der Waals surface area (Å²) in [4.78, 5) is 10.4. The number of aromatic nitrogens is 3. The van der Waals surface area contributed by atoms with Crippen LogP contribution in [-0.2, 0) is 31.9 Å². The average Bonchev–Trinajstić information content (AvgIpc) is 3.75. The van der Waals surface area contributed by atoms with Crippen molar-refractivity contribution in [3.63, 3.8) is 0 Å². The summed E-state index contributed by atoms with van der Waals surface area (Å²) in [6.45, 7) is 5.00. The fourth-order valence-electron chi connectivity index (χ4n) is 8.73. The van der Waals surface area contributed by atoms with Crippen molar-refractivity contribution in [2.75, 3.05) is 0 Å². The summed E-state index contributed by atoms with van der Waals surface area (Å²) < 4.78 is 76.2. The molecule has 0 bridgehead atoms. The van der Waals surface area contributed by atoms with Gasteiger partial charge in [0.1, 0.15) is 11.6 Å². The molecule has 1 N–H and O–H groups in total. The van der Waals surface area contributed by atoms with Crippen LogP contribution in [0.15, 0.2) is 164 Å². The first-order valence-corrected chi connectivity index (χ1v) is 22.6. The molecule has 0 fully saturated rings. The molecular formula is C62H60N3OPt-. The smallest absolute Gasteiger partial charge is 0.148 e. The van der Waals surface area contributed by atoms with E-state index < -0.39 is 26.0 Å². The molecule has 0 saturated carbocycles. The van der Waals surface area contributed by atoms with Crippen molar-refractivity contribution in [3.8, 4) is 78.6 Å². The molecule has 7 aromatic carbocycles. The molecule has 2 aromatic heterocycles. The number of hydrogen-bond donors (Lipinski definition) is 1. The van der Waals surface area contributed by atoms with E-state index in [1.54, 1.807) is 24.4 Å². The van der Waals surface area contributed by atoms with Crippen molar-refractivity contribution >= 4 is 11.0 Å². The summed E-state index contributed by atoms with van der Waals surface area (Å²) in [7, 11) is 0. The molecule has 0 aliphatic heterocycles. The quantitative estimate of drug-likeness (QED) is 0.147. The zero-order chi connectivity index (χ0) is 54.0. The van der Waals surface area contributed by atoms with Gasteiger partial charge in [0.05, 0.1) is 22.3 Å². The minimum absolute atomic E-state index is 0. The fourth-order valence-corrected chi connectivity index (χ4v) is 8.73. The molecule has 0 saturated heterocycles. The molecule has 67 heavy (non-hydrogen) atoms. The molecule has 5 heteroatoms. The second kappa shape index (κ2) is 18.7. The minimum Gasteiger partial charge on any atom is -0.507 e. The van der Waals surface area contributed by atoms with Crippen molar-refractivity contribution in [2.24, 2.45) is 0 Å². The minimum atomic E-state index is -3.38. The largest absolute Gasteiger partial charge is 0.507 e. The molecule has 0 unspecified atom stereocenters. The van der Waals surface area contributed by atoms with E-state index in [-0.39, 0.29) is 49.6 Å². The molecule has 0 aliphatic carbocycles. The molecule has 340 valence electrons. The summed E-state index contributed by atoms with van der Waals surface area (Å²) >= 11 is 0. The summed E-state index contributed by atoms with van der Waals surface area (Å²) in [5.74, 6) is 0.983. The summed E-state index contributed by atoms with van der Waals surface area (Å²) in [6.07, 6.45) is 1.66. The number of aromatic hydroxyl groups is 1. The number of imidazole rings is 1. The monoisotopic (exact) mass is 1070 g/mol. The number of rotatable bonds is 9. The number of phenolic OH excluding ortho intramolecular Hbond substituents is 1. The maximum atomic E-state index is 12.4. The van der Waals surface area contributed by atoms with Gasteiger partial charge in [-0.3, -0.25) is 9.55 Å². The molecule has 2 heterocycles. The fraction of sp³-hybridized carbons (Fsp3) is 0.226. The molecule has 9 aromatic rings. The van der Waals surface area contributed by atoms with Crippen molar-refractivity contribution in [3.05, 3.63) is 192 Å². The van der Waals surface area contributed by atoms with Gasteiger partial charge in [-0.2, -0.15) is 0 Å². The van der Waals surface area contributed by atoms with Gasteiger partial charge < -0.3 is 5.11 Å². The van der Waals surface area contributed by atoms with Gasteiger partial charge in [0.2, 0.25) is 0 Å². The van der Waals surface area contributed by atoms with E-state index in [0.717, 1.165) is 55.7 Å². The van der Waals surface area contributed by atoms with Gasteiger partial charge in [-0.1, -0.05) is 201 Å². The summed E-state index contributed by atoms with van der Waals surface area (Å²) in [6, 6.07) is 54.5. The van der Waals surface area contributed by atoms with Crippen LogP contribution in [0.5, 0.6) is 5.75 Å². The van der Waals surface area contributed by atoms with E-state index in [2.05, 4.69) is 114 Å². The van der Waals surface area contributed by atoms with Crippen molar-refractivity contribution < 1.29 is 38.5 Å². The molecule has 0 spiro atoms. The van der Waals surface area contributed by atoms with E-state index in [1.165, 1.54) is 17.7 Å². The third-order valence-corrected chi connectivity index (χ3v) is 12.5. The van der Waals surface area contributed by atoms with Gasteiger partial charge in [0.15, 0.2) is 0 Å². The Kier molecular flexibility index (Phi) is 10.3. The van der Waals surface area contributed by atoms with Crippen molar-refractivity contribution in [1.29, 1.82) is 0 Å². The Morgan fingerprint density at radius 3 is 1.88 bits per heavy atom. The number of pyridine rings is 1. The van der Waals surface area contributed by atoms with E-state index in [1.807, 2.05) is 72.8 Å². The van der Waals surface area contributed by atoms with Crippen LogP contribution in [0, 0.1) is 6.07 Å². The molecule has 0 amide bonds. The van der Waals surface area contributed by atoms with Crippen LogP contribution in [0.2, 0.25) is 0 Å². The number of benzene rings is 7. The van der Waals surface area contributed by atoms with Gasteiger partial charge in [0.25, 0.3) is 0 Å². The Labute approximate surface area is 424 Å². The normalized spacial score (nSPS) is 14.5. The Morgan fingerprint density at radius 1 is 0.567 bits per heavy atom. The van der Waals surface area contributed by atoms with Gasteiger partial charge >= 0.3 is 0 Å². The van der Waals surface area contributed by atoms with Crippen LogP contribution in [0.1, 0.15) is 115 Å². The Bertz CT molecular complexity index is 3520. The van der Waals surface area contributed by atoms with Crippen LogP contribution in [0.4, 0.5) is 0 Å². The zero-order valence-electron chi connectivity index (χ0n) is 47.8. The molecule has 0 atom stereocenters. The average molecular weight is 1070 g/mol. The van der Waals surface area contributed by atoms with Crippen LogP contribution in [0.3, 0.4) is 0 Å². The second-order valence-corrected chi connectivity index (χ2v) is 18.9. The topological polar surface area (TPSA) is 50.9 Å². The number of nitrogens with zero attached hydrogens (tertiary/aromatic N) is 3. The van der Waals surface area contributed by atoms with E-state index in [4.69, 9.17) is 22.3 Å². The van der Waals surface area contributed by atoms with Crippen LogP contribution >= 0.6 is 0 Å². The maximum Gasteiger partial charge on any atom is 0.148 e. The van der Waals surface area contributed by atoms with Crippen LogP contribution in [0.25, 0.3) is 83.9 Å². The first-order valence-electron chi connectivity index (χ1n) is 27.1. The van der Waals surface area contributed by atoms with Gasteiger partial charge in [-0.25, -0.2) is 4.98 Å². The Balaban J connectivity index is 0.00000765. The first kappa shape index (κ1) is 36.7. The molecular weight excluding hydrogens is 998 g/mol. The summed E-state index contributed by atoms with van der Waals surface area (Å²) in [5.41, 5.74) is 10.6. The van der Waals surface area contributed by atoms with E-state index in [9.17, 15) is 5.11 Å². The number of fused-ring (bicyclic) bond motifs is 1. The second-order valence-electron chi connectivity index (χ2n) is 18.9. The first-order chi connectivity index (χ1) is 35.3.